The van der Waals surface area contributed by atoms with E-state index < -0.39 is 5.97 Å². The Morgan fingerprint density at radius 1 is 1.00 bits per heavy atom. The van der Waals surface area contributed by atoms with E-state index in [9.17, 15) is 9.59 Å². The molecule has 2 aromatic carbocycles. The van der Waals surface area contributed by atoms with Crippen molar-refractivity contribution in [2.24, 2.45) is 23.2 Å². The topological polar surface area (TPSA) is 73.2 Å². The number of ether oxygens (including phenoxy) is 1. The zero-order valence-electron chi connectivity index (χ0n) is 21.9. The lowest BCUT2D eigenvalue weighted by Crippen LogP contribution is -2.51. The van der Waals surface area contributed by atoms with Crippen LogP contribution in [0.15, 0.2) is 66.9 Å². The van der Waals surface area contributed by atoms with Crippen LogP contribution in [-0.2, 0) is 14.3 Å². The third kappa shape index (κ3) is 5.31. The maximum atomic E-state index is 12.5. The van der Waals surface area contributed by atoms with E-state index >= 15 is 0 Å². The summed E-state index contributed by atoms with van der Waals surface area (Å²) in [4.78, 5) is 25.0. The highest BCUT2D eigenvalue weighted by Gasteiger charge is 2.50. The normalized spacial score (nSPS) is 25.6. The number of benzene rings is 2. The molecule has 1 heterocycles. The largest absolute Gasteiger partial charge is 0.452 e. The van der Waals surface area contributed by atoms with Crippen molar-refractivity contribution in [2.75, 3.05) is 13.2 Å². The molecule has 0 unspecified atom stereocenters. The van der Waals surface area contributed by atoms with E-state index in [0.717, 1.165) is 40.3 Å². The maximum Gasteiger partial charge on any atom is 0.331 e. The van der Waals surface area contributed by atoms with Gasteiger partial charge in [-0.15, -0.1) is 0 Å². The zero-order chi connectivity index (χ0) is 26.1. The SMILES string of the molecule is Cc1ccc(-c2nn(-c3ccccc3)cc2/C=C/C(=O)OCC(=O)NCC23CC4CC(CC(C4)C2)C3)cc1. The molecule has 4 bridgehead atoms. The van der Waals surface area contributed by atoms with Crippen LogP contribution in [0.5, 0.6) is 0 Å². The Labute approximate surface area is 224 Å². The number of nitrogens with one attached hydrogen (secondary N) is 1. The van der Waals surface area contributed by atoms with Crippen LogP contribution in [0.3, 0.4) is 0 Å². The number of amides is 1. The van der Waals surface area contributed by atoms with Gasteiger partial charge in [0, 0.05) is 29.9 Å². The minimum atomic E-state index is -0.544. The van der Waals surface area contributed by atoms with Crippen LogP contribution < -0.4 is 5.32 Å². The van der Waals surface area contributed by atoms with E-state index in [1.54, 1.807) is 10.8 Å². The molecular weight excluding hydrogens is 474 g/mol. The van der Waals surface area contributed by atoms with Crippen LogP contribution in [0.25, 0.3) is 23.0 Å². The van der Waals surface area contributed by atoms with Gasteiger partial charge in [-0.25, -0.2) is 9.48 Å². The number of carbonyl (C=O) groups is 2. The van der Waals surface area contributed by atoms with Gasteiger partial charge in [-0.2, -0.15) is 5.10 Å². The molecule has 4 aliphatic carbocycles. The van der Waals surface area contributed by atoms with E-state index in [-0.39, 0.29) is 17.9 Å². The van der Waals surface area contributed by atoms with Gasteiger partial charge in [0.05, 0.1) is 11.4 Å². The Morgan fingerprint density at radius 2 is 1.66 bits per heavy atom. The van der Waals surface area contributed by atoms with Gasteiger partial charge in [0.2, 0.25) is 0 Å². The Hall–Kier alpha value is -3.67. The predicted octanol–water partition coefficient (Wildman–Crippen LogP) is 5.74. The zero-order valence-corrected chi connectivity index (χ0v) is 21.9. The second-order valence-corrected chi connectivity index (χ2v) is 11.7. The molecule has 196 valence electrons. The van der Waals surface area contributed by atoms with E-state index in [1.807, 2.05) is 67.7 Å². The van der Waals surface area contributed by atoms with Crippen LogP contribution in [0.4, 0.5) is 0 Å². The second kappa shape index (κ2) is 10.2. The van der Waals surface area contributed by atoms with E-state index in [4.69, 9.17) is 9.84 Å². The average molecular weight is 510 g/mol. The predicted molar refractivity (Wildman–Crippen MR) is 147 cm³/mol. The van der Waals surface area contributed by atoms with Crippen molar-refractivity contribution in [3.63, 3.8) is 0 Å². The molecule has 1 amide bonds. The Bertz CT molecular complexity index is 1300. The number of esters is 1. The first-order valence-corrected chi connectivity index (χ1v) is 13.8. The summed E-state index contributed by atoms with van der Waals surface area (Å²) in [5.74, 6) is 1.77. The van der Waals surface area contributed by atoms with Crippen molar-refractivity contribution in [2.45, 2.75) is 45.4 Å². The molecule has 38 heavy (non-hydrogen) atoms. The molecule has 0 radical (unpaired) electrons. The van der Waals surface area contributed by atoms with Gasteiger partial charge < -0.3 is 10.1 Å². The Kier molecular flexibility index (Phi) is 6.64. The minimum absolute atomic E-state index is 0.222. The fraction of sp³-hybridized carbons (Fsp3) is 0.406. The quantitative estimate of drug-likeness (QED) is 0.311. The van der Waals surface area contributed by atoms with Gasteiger partial charge in [-0.3, -0.25) is 4.79 Å². The highest BCUT2D eigenvalue weighted by Crippen LogP contribution is 2.59. The average Bonchev–Trinajstić information content (AvgIpc) is 3.34. The van der Waals surface area contributed by atoms with E-state index in [1.165, 1.54) is 50.2 Å². The number of para-hydroxylation sites is 1. The summed E-state index contributed by atoms with van der Waals surface area (Å²) in [5.41, 5.74) is 4.88. The lowest BCUT2D eigenvalue weighted by atomic mass is 9.49. The summed E-state index contributed by atoms with van der Waals surface area (Å²) in [5, 5.41) is 7.86. The van der Waals surface area contributed by atoms with Gasteiger partial charge in [0.15, 0.2) is 6.61 Å². The third-order valence-corrected chi connectivity index (χ3v) is 8.66. The van der Waals surface area contributed by atoms with E-state index in [2.05, 4.69) is 5.32 Å². The summed E-state index contributed by atoms with van der Waals surface area (Å²) in [6, 6.07) is 18.0. The van der Waals surface area contributed by atoms with Crippen LogP contribution in [0, 0.1) is 30.1 Å². The number of aryl methyl sites for hydroxylation is 1. The van der Waals surface area contributed by atoms with Gasteiger partial charge in [-0.05, 0) is 86.8 Å². The molecule has 1 N–H and O–H groups in total. The molecule has 0 saturated heterocycles. The summed E-state index contributed by atoms with van der Waals surface area (Å²) in [6.45, 7) is 2.49. The van der Waals surface area contributed by atoms with Crippen molar-refractivity contribution in [3.05, 3.63) is 78.0 Å². The summed E-state index contributed by atoms with van der Waals surface area (Å²) in [7, 11) is 0. The number of aromatic nitrogens is 2. The van der Waals surface area contributed by atoms with Crippen LogP contribution in [0.1, 0.15) is 49.7 Å². The van der Waals surface area contributed by atoms with Crippen LogP contribution in [-0.4, -0.2) is 34.8 Å². The number of hydrogen-bond acceptors (Lipinski definition) is 4. The van der Waals surface area contributed by atoms with Crippen molar-refractivity contribution in [3.8, 4) is 16.9 Å². The molecule has 0 spiro atoms. The molecular formula is C32H35N3O3. The summed E-state index contributed by atoms with van der Waals surface area (Å²) < 4.78 is 7.09. The Balaban J connectivity index is 1.08. The smallest absolute Gasteiger partial charge is 0.331 e. The molecule has 4 fully saturated rings. The van der Waals surface area contributed by atoms with Gasteiger partial charge in [-0.1, -0.05) is 48.0 Å². The van der Waals surface area contributed by atoms with E-state index in [0.29, 0.717) is 6.54 Å². The minimum Gasteiger partial charge on any atom is -0.452 e. The monoisotopic (exact) mass is 509 g/mol. The molecule has 0 atom stereocenters. The first-order valence-electron chi connectivity index (χ1n) is 13.8. The fourth-order valence-electron chi connectivity index (χ4n) is 7.34. The van der Waals surface area contributed by atoms with Gasteiger partial charge >= 0.3 is 5.97 Å². The fourth-order valence-corrected chi connectivity index (χ4v) is 7.34. The third-order valence-electron chi connectivity index (χ3n) is 8.66. The number of rotatable bonds is 8. The number of carbonyl (C=O) groups excluding carboxylic acids is 2. The molecule has 0 aliphatic heterocycles. The summed E-state index contributed by atoms with van der Waals surface area (Å²) >= 11 is 0. The number of hydrogen-bond donors (Lipinski definition) is 1. The number of nitrogens with zero attached hydrogens (tertiary/aromatic N) is 2. The maximum absolute atomic E-state index is 12.5. The van der Waals surface area contributed by atoms with Crippen molar-refractivity contribution >= 4 is 18.0 Å². The first kappa shape index (κ1) is 24.7. The van der Waals surface area contributed by atoms with Crippen molar-refractivity contribution in [1.29, 1.82) is 0 Å². The highest BCUT2D eigenvalue weighted by molar-refractivity contribution is 5.90. The van der Waals surface area contributed by atoms with Gasteiger partial charge in [0.25, 0.3) is 5.91 Å². The van der Waals surface area contributed by atoms with Crippen molar-refractivity contribution in [1.82, 2.24) is 15.1 Å². The standard InChI is InChI=1S/C32H35N3O3/c1-22-7-9-26(10-8-22)31-27(19-35(34-31)28-5-3-2-4-6-28)11-12-30(37)38-20-29(36)33-21-32-16-23-13-24(17-32)15-25(14-23)18-32/h2-12,19,23-25H,13-18,20-21H2,1H3,(H,33,36)/b12-11+. The van der Waals surface area contributed by atoms with Gasteiger partial charge in [0.1, 0.15) is 0 Å². The second-order valence-electron chi connectivity index (χ2n) is 11.7. The lowest BCUT2D eigenvalue weighted by Gasteiger charge is -2.56. The lowest BCUT2D eigenvalue weighted by molar-refractivity contribution is -0.144. The van der Waals surface area contributed by atoms with Crippen LogP contribution in [0.2, 0.25) is 0 Å². The molecule has 4 saturated carbocycles. The molecule has 3 aromatic rings. The molecule has 6 heteroatoms. The molecule has 6 nitrogen and oxygen atoms in total. The van der Waals surface area contributed by atoms with Crippen molar-refractivity contribution < 1.29 is 14.3 Å². The molecule has 7 rings (SSSR count). The first-order chi connectivity index (χ1) is 18.4. The molecule has 1 aromatic heterocycles. The van der Waals surface area contributed by atoms with Crippen LogP contribution >= 0.6 is 0 Å². The Morgan fingerprint density at radius 3 is 2.32 bits per heavy atom. The summed E-state index contributed by atoms with van der Waals surface area (Å²) in [6.07, 6.45) is 12.8. The highest BCUT2D eigenvalue weighted by atomic mass is 16.5. The molecule has 4 aliphatic rings.